The van der Waals surface area contributed by atoms with E-state index in [4.69, 9.17) is 14.2 Å². The Balaban J connectivity index is 1.65. The van der Waals surface area contributed by atoms with Gasteiger partial charge in [-0.15, -0.1) is 0 Å². The van der Waals surface area contributed by atoms with Gasteiger partial charge < -0.3 is 19.5 Å². The first-order chi connectivity index (χ1) is 15.7. The Morgan fingerprint density at radius 3 is 2.48 bits per heavy atom. The minimum Gasteiger partial charge on any atom is -0.454 e. The molecule has 10 heteroatoms. The molecule has 0 radical (unpaired) electrons. The highest BCUT2D eigenvalue weighted by Crippen LogP contribution is 2.32. The molecule has 33 heavy (non-hydrogen) atoms. The fourth-order valence-electron chi connectivity index (χ4n) is 3.37. The predicted molar refractivity (Wildman–Crippen MR) is 121 cm³/mol. The van der Waals surface area contributed by atoms with Crippen molar-refractivity contribution in [2.75, 3.05) is 19.9 Å². The molecule has 9 nitrogen and oxygen atoms in total. The summed E-state index contributed by atoms with van der Waals surface area (Å²) >= 11 is 0. The Morgan fingerprint density at radius 2 is 1.79 bits per heavy atom. The van der Waals surface area contributed by atoms with Crippen molar-refractivity contribution in [1.29, 1.82) is 0 Å². The van der Waals surface area contributed by atoms with Crippen molar-refractivity contribution >= 4 is 21.9 Å². The van der Waals surface area contributed by atoms with Gasteiger partial charge in [-0.25, -0.2) is 13.2 Å². The molecule has 0 saturated carbocycles. The summed E-state index contributed by atoms with van der Waals surface area (Å²) in [7, 11) is -3.75. The predicted octanol–water partition coefficient (Wildman–Crippen LogP) is 2.62. The van der Waals surface area contributed by atoms with Gasteiger partial charge in [0.05, 0.1) is 10.5 Å². The van der Waals surface area contributed by atoms with Gasteiger partial charge in [0.2, 0.25) is 16.8 Å². The molecule has 1 amide bonds. The number of hydrogen-bond donors (Lipinski definition) is 1. The second kappa shape index (κ2) is 10.2. The lowest BCUT2D eigenvalue weighted by atomic mass is 10.1. The molecular weight excluding hydrogens is 448 g/mol. The molecule has 0 unspecified atom stereocenters. The first-order valence-corrected chi connectivity index (χ1v) is 12.1. The van der Waals surface area contributed by atoms with Gasteiger partial charge in [0.15, 0.2) is 17.6 Å². The standard InChI is InChI=1S/C23H28N2O7S/c1-5-25(6-2)33(28,29)21-12-18(9-7-15(21)3)23(27)32-16(4)22(26)24-13-17-8-10-19-20(11-17)31-14-30-19/h7-12,16H,5-6,13-14H2,1-4H3,(H,24,26)/t16-/m1/s1. The number of carbonyl (C=O) groups is 2. The van der Waals surface area contributed by atoms with Crippen LogP contribution in [-0.2, 0) is 26.1 Å². The van der Waals surface area contributed by atoms with Crippen molar-refractivity contribution in [3.8, 4) is 11.5 Å². The number of fused-ring (bicyclic) bond motifs is 1. The molecule has 1 N–H and O–H groups in total. The number of aryl methyl sites for hydroxylation is 1. The third kappa shape index (κ3) is 5.45. The van der Waals surface area contributed by atoms with Crippen LogP contribution in [0.25, 0.3) is 0 Å². The molecule has 0 bridgehead atoms. The van der Waals surface area contributed by atoms with E-state index < -0.39 is 28.0 Å². The highest BCUT2D eigenvalue weighted by molar-refractivity contribution is 7.89. The van der Waals surface area contributed by atoms with E-state index in [-0.39, 0.29) is 23.8 Å². The number of nitrogens with zero attached hydrogens (tertiary/aromatic N) is 1. The summed E-state index contributed by atoms with van der Waals surface area (Å²) in [5.41, 5.74) is 1.38. The number of rotatable bonds is 9. The molecule has 0 aliphatic carbocycles. The minimum absolute atomic E-state index is 0.0422. The molecule has 178 valence electrons. The zero-order valence-electron chi connectivity index (χ0n) is 19.1. The molecule has 0 fully saturated rings. The van der Waals surface area contributed by atoms with Crippen molar-refractivity contribution in [2.24, 2.45) is 0 Å². The van der Waals surface area contributed by atoms with E-state index in [0.29, 0.717) is 30.2 Å². The monoisotopic (exact) mass is 476 g/mol. The zero-order chi connectivity index (χ0) is 24.2. The largest absolute Gasteiger partial charge is 0.454 e. The van der Waals surface area contributed by atoms with E-state index in [1.54, 1.807) is 45.0 Å². The number of benzene rings is 2. The molecule has 0 spiro atoms. The van der Waals surface area contributed by atoms with Gasteiger partial charge in [0, 0.05) is 19.6 Å². The summed E-state index contributed by atoms with van der Waals surface area (Å²) in [4.78, 5) is 25.1. The summed E-state index contributed by atoms with van der Waals surface area (Å²) < 4.78 is 43.0. The topological polar surface area (TPSA) is 111 Å². The summed E-state index contributed by atoms with van der Waals surface area (Å²) in [5.74, 6) is -0.00949. The Bertz CT molecular complexity index is 1140. The maximum absolute atomic E-state index is 12.9. The highest BCUT2D eigenvalue weighted by Gasteiger charge is 2.26. The van der Waals surface area contributed by atoms with Crippen molar-refractivity contribution in [3.05, 3.63) is 53.1 Å². The Labute approximate surface area is 193 Å². The number of amides is 1. The van der Waals surface area contributed by atoms with Crippen molar-refractivity contribution < 1.29 is 32.2 Å². The molecule has 0 aromatic heterocycles. The van der Waals surface area contributed by atoms with Crippen LogP contribution in [0.15, 0.2) is 41.3 Å². The molecule has 1 heterocycles. The normalized spacial score (nSPS) is 13.6. The van der Waals surface area contributed by atoms with E-state index in [2.05, 4.69) is 5.32 Å². The van der Waals surface area contributed by atoms with Crippen LogP contribution >= 0.6 is 0 Å². The summed E-state index contributed by atoms with van der Waals surface area (Å²) in [5, 5.41) is 2.71. The average Bonchev–Trinajstić information content (AvgIpc) is 3.26. The van der Waals surface area contributed by atoms with Crippen LogP contribution in [0, 0.1) is 6.92 Å². The molecular formula is C23H28N2O7S. The Kier molecular flexibility index (Phi) is 7.60. The lowest BCUT2D eigenvalue weighted by molar-refractivity contribution is -0.129. The second-order valence-corrected chi connectivity index (χ2v) is 9.43. The van der Waals surface area contributed by atoms with Gasteiger partial charge >= 0.3 is 5.97 Å². The van der Waals surface area contributed by atoms with Gasteiger partial charge in [-0.2, -0.15) is 4.31 Å². The first-order valence-electron chi connectivity index (χ1n) is 10.6. The molecule has 2 aromatic rings. The number of sulfonamides is 1. The molecule has 0 saturated heterocycles. The third-order valence-electron chi connectivity index (χ3n) is 5.30. The maximum atomic E-state index is 12.9. The van der Waals surface area contributed by atoms with Crippen LogP contribution in [-0.4, -0.2) is 50.6 Å². The van der Waals surface area contributed by atoms with Gasteiger partial charge in [0.25, 0.3) is 5.91 Å². The molecule has 1 aliphatic heterocycles. The summed E-state index contributed by atoms with van der Waals surface area (Å²) in [6.45, 7) is 7.62. The average molecular weight is 477 g/mol. The van der Waals surface area contributed by atoms with Crippen molar-refractivity contribution in [2.45, 2.75) is 45.2 Å². The van der Waals surface area contributed by atoms with E-state index in [1.165, 1.54) is 23.4 Å². The number of carbonyl (C=O) groups excluding carboxylic acids is 2. The van der Waals surface area contributed by atoms with E-state index >= 15 is 0 Å². The van der Waals surface area contributed by atoms with E-state index in [9.17, 15) is 18.0 Å². The second-order valence-electron chi connectivity index (χ2n) is 7.52. The van der Waals surface area contributed by atoms with Crippen LogP contribution in [0.3, 0.4) is 0 Å². The minimum atomic E-state index is -3.75. The fraction of sp³-hybridized carbons (Fsp3) is 0.391. The van der Waals surface area contributed by atoms with Gasteiger partial charge in [0.1, 0.15) is 0 Å². The number of nitrogens with one attached hydrogen (secondary N) is 1. The summed E-state index contributed by atoms with van der Waals surface area (Å²) in [6, 6.07) is 9.66. The third-order valence-corrected chi connectivity index (χ3v) is 7.50. The maximum Gasteiger partial charge on any atom is 0.338 e. The number of hydrogen-bond acceptors (Lipinski definition) is 7. The molecule has 2 aromatic carbocycles. The van der Waals surface area contributed by atoms with Crippen molar-refractivity contribution in [3.63, 3.8) is 0 Å². The van der Waals surface area contributed by atoms with Crippen molar-refractivity contribution in [1.82, 2.24) is 9.62 Å². The van der Waals surface area contributed by atoms with Gasteiger partial charge in [-0.1, -0.05) is 26.0 Å². The van der Waals surface area contributed by atoms with Gasteiger partial charge in [-0.05, 0) is 49.2 Å². The smallest absolute Gasteiger partial charge is 0.338 e. The Morgan fingerprint density at radius 1 is 1.09 bits per heavy atom. The van der Waals surface area contributed by atoms with Crippen LogP contribution in [0.4, 0.5) is 0 Å². The Hall–Kier alpha value is -3.11. The lowest BCUT2D eigenvalue weighted by Crippen LogP contribution is -2.35. The summed E-state index contributed by atoms with van der Waals surface area (Å²) in [6.07, 6.45) is -1.07. The zero-order valence-corrected chi connectivity index (χ0v) is 19.9. The van der Waals surface area contributed by atoms with Gasteiger partial charge in [-0.3, -0.25) is 4.79 Å². The molecule has 1 atom stereocenters. The van der Waals surface area contributed by atoms with Crippen LogP contribution in [0.5, 0.6) is 11.5 Å². The number of ether oxygens (including phenoxy) is 3. The fourth-order valence-corrected chi connectivity index (χ4v) is 5.08. The number of esters is 1. The van der Waals surface area contributed by atoms with Crippen LogP contribution in [0.1, 0.15) is 42.3 Å². The highest BCUT2D eigenvalue weighted by atomic mass is 32.2. The quantitative estimate of drug-likeness (QED) is 0.554. The molecule has 3 rings (SSSR count). The molecule has 1 aliphatic rings. The van der Waals surface area contributed by atoms with E-state index in [1.807, 2.05) is 0 Å². The SMILES string of the molecule is CCN(CC)S(=O)(=O)c1cc(C(=O)O[C@H](C)C(=O)NCc2ccc3c(c2)OCO3)ccc1C. The van der Waals surface area contributed by atoms with Crippen LogP contribution in [0.2, 0.25) is 0 Å². The lowest BCUT2D eigenvalue weighted by Gasteiger charge is -2.20. The van der Waals surface area contributed by atoms with E-state index in [0.717, 1.165) is 5.56 Å². The van der Waals surface area contributed by atoms with Crippen LogP contribution < -0.4 is 14.8 Å². The first kappa shape index (κ1) is 24.5.